The van der Waals surface area contributed by atoms with E-state index in [4.69, 9.17) is 5.73 Å². The number of amides is 1. The number of aryl methyl sites for hydroxylation is 3. The highest BCUT2D eigenvalue weighted by Gasteiger charge is 2.14. The van der Waals surface area contributed by atoms with Gasteiger partial charge in [0.1, 0.15) is 5.69 Å². The number of hydrogen-bond acceptors (Lipinski definition) is 5. The van der Waals surface area contributed by atoms with Crippen LogP contribution in [0.2, 0.25) is 0 Å². The smallest absolute Gasteiger partial charge is 0.274 e. The summed E-state index contributed by atoms with van der Waals surface area (Å²) < 4.78 is 1.65. The number of nitrogens with one attached hydrogen (secondary N) is 1. The molecule has 20 heavy (non-hydrogen) atoms. The van der Waals surface area contributed by atoms with Crippen LogP contribution in [0, 0.1) is 0 Å². The third-order valence-corrected chi connectivity index (χ3v) is 2.99. The molecular formula is C13H18N6O. The number of nitrogens with zero attached hydrogens (tertiary/aromatic N) is 4. The Labute approximate surface area is 117 Å². The van der Waals surface area contributed by atoms with Gasteiger partial charge in [-0.25, -0.2) is 4.98 Å². The average Bonchev–Trinajstić information content (AvgIpc) is 2.77. The van der Waals surface area contributed by atoms with Gasteiger partial charge in [0.05, 0.1) is 17.1 Å². The van der Waals surface area contributed by atoms with Gasteiger partial charge < -0.3 is 10.3 Å². The summed E-state index contributed by atoms with van der Waals surface area (Å²) in [5, 5.41) is 10.6. The molecule has 1 amide bonds. The minimum absolute atomic E-state index is 0.212. The Hall–Kier alpha value is -2.44. The Balaban J connectivity index is 2.22. The van der Waals surface area contributed by atoms with Gasteiger partial charge in [-0.2, -0.15) is 0 Å². The van der Waals surface area contributed by atoms with Crippen LogP contribution < -0.4 is 11.1 Å². The van der Waals surface area contributed by atoms with E-state index < -0.39 is 0 Å². The van der Waals surface area contributed by atoms with Gasteiger partial charge in [0, 0.05) is 13.2 Å². The van der Waals surface area contributed by atoms with Crippen molar-refractivity contribution in [3.63, 3.8) is 0 Å². The molecule has 7 heteroatoms. The van der Waals surface area contributed by atoms with Crippen LogP contribution in [-0.4, -0.2) is 25.7 Å². The SMILES string of the molecule is CCc1nnc(NC(=O)c2cc(N)cn2C)nc1CC. The predicted octanol–water partition coefficient (Wildman–Crippen LogP) is 1.17. The second kappa shape index (κ2) is 5.68. The summed E-state index contributed by atoms with van der Waals surface area (Å²) in [6.07, 6.45) is 3.19. The van der Waals surface area contributed by atoms with Crippen LogP contribution in [-0.2, 0) is 19.9 Å². The maximum Gasteiger partial charge on any atom is 0.274 e. The number of carbonyl (C=O) groups is 1. The first-order chi connectivity index (χ1) is 9.55. The van der Waals surface area contributed by atoms with Crippen molar-refractivity contribution < 1.29 is 4.79 Å². The maximum absolute atomic E-state index is 12.1. The molecule has 0 aliphatic carbocycles. The van der Waals surface area contributed by atoms with Crippen molar-refractivity contribution in [1.82, 2.24) is 19.7 Å². The number of nitrogen functional groups attached to an aromatic ring is 1. The zero-order valence-corrected chi connectivity index (χ0v) is 11.8. The van der Waals surface area contributed by atoms with Crippen LogP contribution in [0.3, 0.4) is 0 Å². The lowest BCUT2D eigenvalue weighted by Gasteiger charge is -2.07. The van der Waals surface area contributed by atoms with E-state index in [0.29, 0.717) is 11.4 Å². The monoisotopic (exact) mass is 274 g/mol. The largest absolute Gasteiger partial charge is 0.397 e. The van der Waals surface area contributed by atoms with E-state index in [1.165, 1.54) is 0 Å². The van der Waals surface area contributed by atoms with Crippen LogP contribution >= 0.6 is 0 Å². The average molecular weight is 274 g/mol. The highest BCUT2D eigenvalue weighted by Crippen LogP contribution is 2.11. The number of aromatic nitrogens is 4. The van der Waals surface area contributed by atoms with Gasteiger partial charge >= 0.3 is 0 Å². The van der Waals surface area contributed by atoms with E-state index in [-0.39, 0.29) is 11.9 Å². The van der Waals surface area contributed by atoms with E-state index in [9.17, 15) is 4.79 Å². The molecule has 2 rings (SSSR count). The topological polar surface area (TPSA) is 98.7 Å². The van der Waals surface area contributed by atoms with Crippen LogP contribution in [0.4, 0.5) is 11.6 Å². The molecule has 106 valence electrons. The molecule has 0 unspecified atom stereocenters. The van der Waals surface area contributed by atoms with E-state index in [1.807, 2.05) is 13.8 Å². The predicted molar refractivity (Wildman–Crippen MR) is 76.4 cm³/mol. The molecule has 0 aliphatic heterocycles. The zero-order valence-electron chi connectivity index (χ0n) is 11.8. The molecule has 0 radical (unpaired) electrons. The van der Waals surface area contributed by atoms with Gasteiger partial charge in [-0.05, 0) is 18.9 Å². The highest BCUT2D eigenvalue weighted by molar-refractivity contribution is 6.02. The summed E-state index contributed by atoms with van der Waals surface area (Å²) in [6, 6.07) is 1.60. The van der Waals surface area contributed by atoms with Gasteiger partial charge in [-0.3, -0.25) is 10.1 Å². The molecule has 2 aromatic rings. The Bertz CT molecular complexity index is 634. The Morgan fingerprint density at radius 2 is 2.00 bits per heavy atom. The van der Waals surface area contributed by atoms with Gasteiger partial charge in [-0.15, -0.1) is 10.2 Å². The first kappa shape index (κ1) is 14.0. The number of anilines is 2. The van der Waals surface area contributed by atoms with Gasteiger partial charge in [-0.1, -0.05) is 13.8 Å². The lowest BCUT2D eigenvalue weighted by molar-refractivity contribution is 0.101. The van der Waals surface area contributed by atoms with Crippen molar-refractivity contribution in [3.8, 4) is 0 Å². The third-order valence-electron chi connectivity index (χ3n) is 2.99. The number of hydrogen-bond donors (Lipinski definition) is 2. The van der Waals surface area contributed by atoms with E-state index in [0.717, 1.165) is 24.2 Å². The fourth-order valence-corrected chi connectivity index (χ4v) is 1.97. The van der Waals surface area contributed by atoms with Crippen molar-refractivity contribution in [2.45, 2.75) is 26.7 Å². The van der Waals surface area contributed by atoms with Gasteiger partial charge in [0.2, 0.25) is 5.95 Å². The lowest BCUT2D eigenvalue weighted by Crippen LogP contribution is -2.18. The fraction of sp³-hybridized carbons (Fsp3) is 0.385. The molecule has 2 heterocycles. The molecule has 2 aromatic heterocycles. The van der Waals surface area contributed by atoms with Crippen molar-refractivity contribution in [2.24, 2.45) is 7.05 Å². The van der Waals surface area contributed by atoms with E-state index in [2.05, 4.69) is 20.5 Å². The Morgan fingerprint density at radius 1 is 1.30 bits per heavy atom. The maximum atomic E-state index is 12.1. The second-order valence-corrected chi connectivity index (χ2v) is 4.46. The minimum Gasteiger partial charge on any atom is -0.397 e. The van der Waals surface area contributed by atoms with E-state index in [1.54, 1.807) is 23.9 Å². The molecule has 0 fully saturated rings. The standard InChI is InChI=1S/C13H18N6O/c1-4-9-10(5-2)17-18-13(15-9)16-12(20)11-6-8(14)7-19(11)3/h6-7H,4-5,14H2,1-3H3,(H,15,16,18,20). The molecule has 0 aliphatic rings. The van der Waals surface area contributed by atoms with Crippen molar-refractivity contribution in [1.29, 1.82) is 0 Å². The Morgan fingerprint density at radius 3 is 2.55 bits per heavy atom. The lowest BCUT2D eigenvalue weighted by atomic mass is 10.2. The molecular weight excluding hydrogens is 256 g/mol. The number of carbonyl (C=O) groups excluding carboxylic acids is 1. The fourth-order valence-electron chi connectivity index (χ4n) is 1.97. The summed E-state index contributed by atoms with van der Waals surface area (Å²) in [5.74, 6) is -0.0962. The van der Waals surface area contributed by atoms with Crippen LogP contribution in [0.15, 0.2) is 12.3 Å². The molecule has 0 saturated heterocycles. The quantitative estimate of drug-likeness (QED) is 0.872. The molecule has 0 spiro atoms. The Kier molecular flexibility index (Phi) is 3.97. The zero-order chi connectivity index (χ0) is 14.7. The number of nitrogens with two attached hydrogens (primary N) is 1. The van der Waals surface area contributed by atoms with Crippen LogP contribution in [0.1, 0.15) is 35.7 Å². The van der Waals surface area contributed by atoms with Crippen molar-refractivity contribution in [3.05, 3.63) is 29.3 Å². The molecule has 7 nitrogen and oxygen atoms in total. The molecule has 0 bridgehead atoms. The summed E-state index contributed by atoms with van der Waals surface area (Å²) in [7, 11) is 1.75. The van der Waals surface area contributed by atoms with Gasteiger partial charge in [0.15, 0.2) is 0 Å². The molecule has 0 atom stereocenters. The van der Waals surface area contributed by atoms with Gasteiger partial charge in [0.25, 0.3) is 5.91 Å². The van der Waals surface area contributed by atoms with Crippen molar-refractivity contribution >= 4 is 17.5 Å². The summed E-state index contributed by atoms with van der Waals surface area (Å²) in [6.45, 7) is 3.99. The minimum atomic E-state index is -0.308. The highest BCUT2D eigenvalue weighted by atomic mass is 16.2. The van der Waals surface area contributed by atoms with Crippen molar-refractivity contribution in [2.75, 3.05) is 11.1 Å². The third kappa shape index (κ3) is 2.76. The van der Waals surface area contributed by atoms with E-state index >= 15 is 0 Å². The summed E-state index contributed by atoms with van der Waals surface area (Å²) in [5.41, 5.74) is 8.34. The first-order valence-electron chi connectivity index (χ1n) is 6.50. The molecule has 0 saturated carbocycles. The summed E-state index contributed by atoms with van der Waals surface area (Å²) in [4.78, 5) is 16.4. The first-order valence-corrected chi connectivity index (χ1v) is 6.50. The van der Waals surface area contributed by atoms with Crippen LogP contribution in [0.25, 0.3) is 0 Å². The second-order valence-electron chi connectivity index (χ2n) is 4.46. The molecule has 0 aromatic carbocycles. The summed E-state index contributed by atoms with van der Waals surface area (Å²) >= 11 is 0. The van der Waals surface area contributed by atoms with Crippen LogP contribution in [0.5, 0.6) is 0 Å². The normalized spacial score (nSPS) is 10.6. The number of rotatable bonds is 4. The molecule has 3 N–H and O–H groups in total.